The van der Waals surface area contributed by atoms with Crippen LogP contribution in [-0.2, 0) is 17.7 Å². The second-order valence-corrected chi connectivity index (χ2v) is 6.89. The van der Waals surface area contributed by atoms with E-state index in [4.69, 9.17) is 27.9 Å². The van der Waals surface area contributed by atoms with Crippen molar-refractivity contribution < 1.29 is 14.3 Å². The fraction of sp³-hybridized carbons (Fsp3) is 0.300. The molecule has 2 N–H and O–H groups in total. The highest BCUT2D eigenvalue weighted by Crippen LogP contribution is 2.25. The Labute approximate surface area is 174 Å². The molecule has 28 heavy (non-hydrogen) atoms. The summed E-state index contributed by atoms with van der Waals surface area (Å²) in [5.41, 5.74) is 2.57. The van der Waals surface area contributed by atoms with Gasteiger partial charge in [0.2, 0.25) is 0 Å². The summed E-state index contributed by atoms with van der Waals surface area (Å²) in [7, 11) is 1.61. The molecule has 0 atom stereocenters. The molecule has 8 heteroatoms. The van der Waals surface area contributed by atoms with Crippen molar-refractivity contribution in [1.82, 2.24) is 10.2 Å². The summed E-state index contributed by atoms with van der Waals surface area (Å²) in [4.78, 5) is 25.4. The number of hydrogen-bond donors (Lipinski definition) is 2. The Balaban J connectivity index is 1.70. The molecule has 0 aliphatic heterocycles. The van der Waals surface area contributed by atoms with Crippen LogP contribution in [0.2, 0.25) is 10.0 Å². The van der Waals surface area contributed by atoms with Gasteiger partial charge in [0.25, 0.3) is 0 Å². The molecule has 0 fully saturated rings. The van der Waals surface area contributed by atoms with E-state index in [-0.39, 0.29) is 25.7 Å². The van der Waals surface area contributed by atoms with Gasteiger partial charge in [-0.15, -0.1) is 0 Å². The molecular weight excluding hydrogens is 401 g/mol. The molecule has 0 unspecified atom stereocenters. The van der Waals surface area contributed by atoms with Crippen LogP contribution < -0.4 is 10.6 Å². The number of anilines is 1. The number of nitrogens with one attached hydrogen (secondary N) is 2. The average Bonchev–Trinajstić information content (AvgIpc) is 2.69. The number of nitrogens with zero attached hydrogens (tertiary/aromatic N) is 1. The fourth-order valence-corrected chi connectivity index (χ4v) is 2.73. The van der Waals surface area contributed by atoms with Crippen LogP contribution in [0.1, 0.15) is 18.1 Å². The van der Waals surface area contributed by atoms with Crippen LogP contribution in [0.5, 0.6) is 0 Å². The lowest BCUT2D eigenvalue weighted by molar-refractivity contribution is 0.146. The van der Waals surface area contributed by atoms with Crippen LogP contribution in [0, 0.1) is 0 Å². The molecular formula is C20H23Cl2N3O3. The molecule has 2 rings (SSSR count). The molecule has 0 radical (unpaired) electrons. The van der Waals surface area contributed by atoms with Gasteiger partial charge in [0, 0.05) is 19.3 Å². The molecule has 0 spiro atoms. The summed E-state index contributed by atoms with van der Waals surface area (Å²) < 4.78 is 5.11. The zero-order valence-corrected chi connectivity index (χ0v) is 17.3. The normalized spacial score (nSPS) is 10.3. The number of hydrogen-bond acceptors (Lipinski definition) is 3. The monoisotopic (exact) mass is 423 g/mol. The first-order valence-corrected chi connectivity index (χ1v) is 9.61. The Kier molecular flexibility index (Phi) is 8.42. The summed E-state index contributed by atoms with van der Waals surface area (Å²) in [6.07, 6.45) is 0.367. The summed E-state index contributed by atoms with van der Waals surface area (Å²) >= 11 is 12.1. The van der Waals surface area contributed by atoms with Crippen molar-refractivity contribution in [2.24, 2.45) is 0 Å². The Hall–Kier alpha value is -2.44. The van der Waals surface area contributed by atoms with Crippen molar-refractivity contribution in [3.63, 3.8) is 0 Å². The summed E-state index contributed by atoms with van der Waals surface area (Å²) in [5, 5.41) is 6.24. The van der Waals surface area contributed by atoms with Crippen LogP contribution in [0.4, 0.5) is 15.3 Å². The maximum atomic E-state index is 12.1. The van der Waals surface area contributed by atoms with Crippen molar-refractivity contribution in [2.45, 2.75) is 19.9 Å². The molecule has 150 valence electrons. The lowest BCUT2D eigenvalue weighted by Gasteiger charge is -2.18. The topological polar surface area (TPSA) is 70.7 Å². The first-order chi connectivity index (χ1) is 13.4. The lowest BCUT2D eigenvalue weighted by Crippen LogP contribution is -2.39. The summed E-state index contributed by atoms with van der Waals surface area (Å²) in [5.74, 6) is 0. The lowest BCUT2D eigenvalue weighted by atomic mass is 10.1. The fourth-order valence-electron chi connectivity index (χ4n) is 2.35. The minimum Gasteiger partial charge on any atom is -0.447 e. The van der Waals surface area contributed by atoms with Crippen molar-refractivity contribution >= 4 is 41.0 Å². The van der Waals surface area contributed by atoms with Gasteiger partial charge in [0.1, 0.15) is 6.61 Å². The van der Waals surface area contributed by atoms with Crippen LogP contribution in [0.15, 0.2) is 42.5 Å². The van der Waals surface area contributed by atoms with Crippen LogP contribution in [-0.4, -0.2) is 37.2 Å². The van der Waals surface area contributed by atoms with Gasteiger partial charge in [-0.3, -0.25) is 5.32 Å². The van der Waals surface area contributed by atoms with Gasteiger partial charge in [-0.25, -0.2) is 9.59 Å². The third-order valence-corrected chi connectivity index (χ3v) is 4.93. The van der Waals surface area contributed by atoms with E-state index in [1.807, 2.05) is 24.3 Å². The maximum Gasteiger partial charge on any atom is 0.411 e. The molecule has 0 bridgehead atoms. The first-order valence-electron chi connectivity index (χ1n) is 8.85. The number of aryl methyl sites for hydroxylation is 1. The van der Waals surface area contributed by atoms with Crippen molar-refractivity contribution in [3.8, 4) is 0 Å². The summed E-state index contributed by atoms with van der Waals surface area (Å²) in [6.45, 7) is 2.63. The molecule has 2 aromatic carbocycles. The Morgan fingerprint density at radius 2 is 1.82 bits per heavy atom. The SMILES string of the molecule is CCc1ccc(NC(=O)OCCN(C)C(=O)NCc2cccc(Cl)c2Cl)cc1. The number of carbonyl (C=O) groups excluding carboxylic acids is 2. The standard InChI is InChI=1S/C20H23Cl2N3O3/c1-3-14-7-9-16(10-8-14)24-20(27)28-12-11-25(2)19(26)23-13-15-5-4-6-17(21)18(15)22/h4-10H,3,11-13H2,1-2H3,(H,23,26)(H,24,27). The van der Waals surface area contributed by atoms with Crippen molar-refractivity contribution in [1.29, 1.82) is 0 Å². The number of likely N-dealkylation sites (N-methyl/N-ethyl adjacent to an activating group) is 1. The van der Waals surface area contributed by atoms with Crippen LogP contribution in [0.25, 0.3) is 0 Å². The number of ether oxygens (including phenoxy) is 1. The van der Waals surface area contributed by atoms with E-state index in [0.717, 1.165) is 12.0 Å². The molecule has 0 aromatic heterocycles. The highest BCUT2D eigenvalue weighted by molar-refractivity contribution is 6.42. The van der Waals surface area contributed by atoms with Gasteiger partial charge >= 0.3 is 12.1 Å². The van der Waals surface area contributed by atoms with Crippen LogP contribution in [0.3, 0.4) is 0 Å². The molecule has 2 aromatic rings. The second-order valence-electron chi connectivity index (χ2n) is 6.10. The number of amides is 3. The van der Waals surface area contributed by atoms with E-state index in [1.165, 1.54) is 10.5 Å². The van der Waals surface area contributed by atoms with E-state index in [9.17, 15) is 9.59 Å². The molecule has 0 aliphatic carbocycles. The Bertz CT molecular complexity index is 813. The molecule has 6 nitrogen and oxygen atoms in total. The molecule has 0 saturated carbocycles. The minimum absolute atomic E-state index is 0.0702. The predicted octanol–water partition coefficient (Wildman–Crippen LogP) is 4.95. The largest absolute Gasteiger partial charge is 0.447 e. The molecule has 0 aliphatic rings. The number of urea groups is 1. The number of rotatable bonds is 7. The zero-order valence-electron chi connectivity index (χ0n) is 15.8. The van der Waals surface area contributed by atoms with E-state index >= 15 is 0 Å². The maximum absolute atomic E-state index is 12.1. The van der Waals surface area contributed by atoms with Crippen molar-refractivity contribution in [3.05, 3.63) is 63.6 Å². The average molecular weight is 424 g/mol. The highest BCUT2D eigenvalue weighted by atomic mass is 35.5. The number of halogens is 2. The quantitative estimate of drug-likeness (QED) is 0.661. The molecule has 3 amide bonds. The van der Waals surface area contributed by atoms with Gasteiger partial charge in [0.05, 0.1) is 16.6 Å². The minimum atomic E-state index is -0.566. The van der Waals surface area contributed by atoms with E-state index < -0.39 is 6.09 Å². The zero-order chi connectivity index (χ0) is 20.5. The second kappa shape index (κ2) is 10.8. The smallest absolute Gasteiger partial charge is 0.411 e. The first kappa shape index (κ1) is 21.9. The van der Waals surface area contributed by atoms with Gasteiger partial charge in [-0.05, 0) is 35.7 Å². The van der Waals surface area contributed by atoms with Gasteiger partial charge in [-0.2, -0.15) is 0 Å². The van der Waals surface area contributed by atoms with Gasteiger partial charge in [0.15, 0.2) is 0 Å². The number of benzene rings is 2. The van der Waals surface area contributed by atoms with E-state index in [1.54, 1.807) is 25.2 Å². The Morgan fingerprint density at radius 1 is 1.11 bits per heavy atom. The Morgan fingerprint density at radius 3 is 2.50 bits per heavy atom. The molecule has 0 saturated heterocycles. The third kappa shape index (κ3) is 6.62. The number of carbonyl (C=O) groups is 2. The van der Waals surface area contributed by atoms with E-state index in [2.05, 4.69) is 17.6 Å². The van der Waals surface area contributed by atoms with Crippen LogP contribution >= 0.6 is 23.2 Å². The van der Waals surface area contributed by atoms with Gasteiger partial charge < -0.3 is 15.0 Å². The predicted molar refractivity (Wildman–Crippen MR) is 112 cm³/mol. The molecule has 0 heterocycles. The van der Waals surface area contributed by atoms with Crippen molar-refractivity contribution in [2.75, 3.05) is 25.5 Å². The highest BCUT2D eigenvalue weighted by Gasteiger charge is 2.11. The third-order valence-electron chi connectivity index (χ3n) is 4.08. The summed E-state index contributed by atoms with van der Waals surface area (Å²) in [6, 6.07) is 12.5. The van der Waals surface area contributed by atoms with E-state index in [0.29, 0.717) is 15.7 Å². The van der Waals surface area contributed by atoms with Gasteiger partial charge in [-0.1, -0.05) is 54.4 Å².